The molecule has 0 bridgehead atoms. The number of rotatable bonds is 5. The lowest BCUT2D eigenvalue weighted by Crippen LogP contribution is -2.39. The maximum Gasteiger partial charge on any atom is 0.233 e. The third-order valence-corrected chi connectivity index (χ3v) is 5.10. The molecule has 4 heteroatoms. The van der Waals surface area contributed by atoms with E-state index in [-0.39, 0.29) is 5.91 Å². The van der Waals surface area contributed by atoms with Gasteiger partial charge in [-0.15, -0.1) is 23.2 Å². The van der Waals surface area contributed by atoms with Crippen LogP contribution < -0.4 is 5.32 Å². The highest BCUT2D eigenvalue weighted by atomic mass is 35.5. The van der Waals surface area contributed by atoms with Crippen molar-refractivity contribution in [1.29, 1.82) is 0 Å². The number of alkyl halides is 2. The summed E-state index contributed by atoms with van der Waals surface area (Å²) in [5, 5.41) is 2.98. The molecule has 1 N–H and O–H groups in total. The second-order valence-corrected chi connectivity index (χ2v) is 7.13. The summed E-state index contributed by atoms with van der Waals surface area (Å²) in [6.07, 6.45) is 1.24. The van der Waals surface area contributed by atoms with E-state index in [0.717, 1.165) is 12.0 Å². The van der Waals surface area contributed by atoms with E-state index in [1.165, 1.54) is 5.56 Å². The summed E-state index contributed by atoms with van der Waals surface area (Å²) in [6, 6.07) is 19.6. The van der Waals surface area contributed by atoms with Crippen molar-refractivity contribution in [3.8, 4) is 0 Å². The third kappa shape index (κ3) is 2.73. The van der Waals surface area contributed by atoms with Gasteiger partial charge in [0.15, 0.2) is 0 Å². The second-order valence-electron chi connectivity index (χ2n) is 5.64. The number of hydrogen-bond donors (Lipinski definition) is 1. The summed E-state index contributed by atoms with van der Waals surface area (Å²) in [6.45, 7) is 0.571. The minimum absolute atomic E-state index is 0.0976. The summed E-state index contributed by atoms with van der Waals surface area (Å²) in [5.41, 5.74) is 1.24. The Kier molecular flexibility index (Phi) is 4.16. The van der Waals surface area contributed by atoms with E-state index in [1.54, 1.807) is 0 Å². The molecule has 1 saturated carbocycles. The van der Waals surface area contributed by atoms with Crippen molar-refractivity contribution in [3.63, 3.8) is 0 Å². The molecule has 0 saturated heterocycles. The number of carbonyl (C=O) groups is 1. The molecule has 0 radical (unpaired) electrons. The Morgan fingerprint density at radius 1 is 1.00 bits per heavy atom. The van der Waals surface area contributed by atoms with Gasteiger partial charge in [0.2, 0.25) is 5.91 Å². The van der Waals surface area contributed by atoms with Crippen LogP contribution in [0, 0.1) is 0 Å². The minimum Gasteiger partial charge on any atom is -0.355 e. The molecular weight excluding hydrogens is 317 g/mol. The van der Waals surface area contributed by atoms with Gasteiger partial charge in [-0.05, 0) is 17.5 Å². The lowest BCUT2D eigenvalue weighted by atomic mass is 9.95. The van der Waals surface area contributed by atoms with Gasteiger partial charge in [-0.3, -0.25) is 4.79 Å². The molecule has 1 aliphatic carbocycles. The lowest BCUT2D eigenvalue weighted by molar-refractivity contribution is -0.123. The van der Waals surface area contributed by atoms with Crippen LogP contribution in [0.3, 0.4) is 0 Å². The van der Waals surface area contributed by atoms with E-state index >= 15 is 0 Å². The number of nitrogens with one attached hydrogen (secondary N) is 1. The van der Waals surface area contributed by atoms with Crippen molar-refractivity contribution < 1.29 is 4.79 Å². The molecule has 2 aromatic rings. The first kappa shape index (κ1) is 15.4. The zero-order chi connectivity index (χ0) is 15.6. The summed E-state index contributed by atoms with van der Waals surface area (Å²) in [5.74, 6) is -0.0976. The maximum absolute atomic E-state index is 12.7. The van der Waals surface area contributed by atoms with Gasteiger partial charge in [0.25, 0.3) is 0 Å². The molecule has 2 aromatic carbocycles. The van der Waals surface area contributed by atoms with Gasteiger partial charge in [-0.1, -0.05) is 60.7 Å². The molecule has 0 heterocycles. The first-order chi connectivity index (χ1) is 10.6. The fraction of sp³-hybridized carbons (Fsp3) is 0.278. The van der Waals surface area contributed by atoms with Crippen LogP contribution in [0.25, 0.3) is 0 Å². The normalized spacial score (nSPS) is 22.1. The SMILES string of the molecule is O=C(NCCc1ccccc1)[C@@]1(c2ccccc2)CC1(Cl)Cl. The quantitative estimate of drug-likeness (QED) is 0.827. The Labute approximate surface area is 140 Å². The van der Waals surface area contributed by atoms with Gasteiger partial charge < -0.3 is 5.32 Å². The fourth-order valence-corrected chi connectivity index (χ4v) is 3.61. The Balaban J connectivity index is 1.68. The highest BCUT2D eigenvalue weighted by molar-refractivity contribution is 6.54. The molecule has 1 amide bonds. The number of hydrogen-bond acceptors (Lipinski definition) is 1. The molecular formula is C18H17Cl2NO. The zero-order valence-electron chi connectivity index (χ0n) is 12.1. The molecule has 0 aromatic heterocycles. The smallest absolute Gasteiger partial charge is 0.233 e. The summed E-state index contributed by atoms with van der Waals surface area (Å²) in [4.78, 5) is 12.7. The van der Waals surface area contributed by atoms with Crippen LogP contribution in [-0.4, -0.2) is 16.8 Å². The van der Waals surface area contributed by atoms with Gasteiger partial charge in [-0.25, -0.2) is 0 Å². The van der Waals surface area contributed by atoms with Crippen LogP contribution in [0.5, 0.6) is 0 Å². The van der Waals surface area contributed by atoms with Gasteiger partial charge in [-0.2, -0.15) is 0 Å². The predicted molar refractivity (Wildman–Crippen MR) is 90.3 cm³/mol. The van der Waals surface area contributed by atoms with Crippen LogP contribution in [-0.2, 0) is 16.6 Å². The molecule has 114 valence electrons. The van der Waals surface area contributed by atoms with Crippen LogP contribution in [0.15, 0.2) is 60.7 Å². The molecule has 1 fully saturated rings. The third-order valence-electron chi connectivity index (χ3n) is 4.18. The van der Waals surface area contributed by atoms with Gasteiger partial charge in [0.1, 0.15) is 9.75 Å². The Morgan fingerprint density at radius 2 is 1.55 bits per heavy atom. The van der Waals surface area contributed by atoms with Crippen molar-refractivity contribution in [3.05, 3.63) is 71.8 Å². The summed E-state index contributed by atoms with van der Waals surface area (Å²) < 4.78 is -1.02. The number of amides is 1. The summed E-state index contributed by atoms with van der Waals surface area (Å²) in [7, 11) is 0. The second kappa shape index (κ2) is 5.94. The average molecular weight is 334 g/mol. The van der Waals surface area contributed by atoms with Crippen LogP contribution in [0.4, 0.5) is 0 Å². The highest BCUT2D eigenvalue weighted by Gasteiger charge is 2.71. The predicted octanol–water partition coefficient (Wildman–Crippen LogP) is 3.86. The minimum atomic E-state index is -1.02. The van der Waals surface area contributed by atoms with Crippen molar-refractivity contribution in [2.45, 2.75) is 22.6 Å². The zero-order valence-corrected chi connectivity index (χ0v) is 13.6. The van der Waals surface area contributed by atoms with Crippen LogP contribution >= 0.6 is 23.2 Å². The molecule has 22 heavy (non-hydrogen) atoms. The topological polar surface area (TPSA) is 29.1 Å². The van der Waals surface area contributed by atoms with Crippen LogP contribution in [0.2, 0.25) is 0 Å². The fourth-order valence-electron chi connectivity index (χ4n) is 2.82. The lowest BCUT2D eigenvalue weighted by Gasteiger charge is -2.18. The number of carbonyl (C=O) groups excluding carboxylic acids is 1. The monoisotopic (exact) mass is 333 g/mol. The van der Waals surface area contributed by atoms with Crippen molar-refractivity contribution >= 4 is 29.1 Å². The summed E-state index contributed by atoms with van der Waals surface area (Å²) >= 11 is 12.6. The molecule has 0 unspecified atom stereocenters. The standard InChI is InChI=1S/C18H17Cl2NO/c19-18(20)13-17(18,15-9-5-2-6-10-15)16(22)21-12-11-14-7-3-1-4-8-14/h1-10H,11-13H2,(H,21,22)/t17-/m0/s1. The van der Waals surface area contributed by atoms with E-state index in [4.69, 9.17) is 23.2 Å². The van der Waals surface area contributed by atoms with E-state index in [2.05, 4.69) is 5.32 Å². The molecule has 1 atom stereocenters. The Hall–Kier alpha value is -1.51. The Bertz CT molecular complexity index is 657. The maximum atomic E-state index is 12.7. The largest absolute Gasteiger partial charge is 0.355 e. The van der Waals surface area contributed by atoms with E-state index < -0.39 is 9.75 Å². The molecule has 2 nitrogen and oxygen atoms in total. The molecule has 0 spiro atoms. The van der Waals surface area contributed by atoms with E-state index in [1.807, 2.05) is 60.7 Å². The first-order valence-corrected chi connectivity index (χ1v) is 8.07. The van der Waals surface area contributed by atoms with Crippen molar-refractivity contribution in [1.82, 2.24) is 5.32 Å². The van der Waals surface area contributed by atoms with Gasteiger partial charge >= 0.3 is 0 Å². The number of benzene rings is 2. The van der Waals surface area contributed by atoms with Gasteiger partial charge in [0.05, 0.1) is 0 Å². The van der Waals surface area contributed by atoms with Crippen LogP contribution in [0.1, 0.15) is 17.5 Å². The molecule has 0 aliphatic heterocycles. The van der Waals surface area contributed by atoms with Crippen molar-refractivity contribution in [2.75, 3.05) is 6.54 Å². The van der Waals surface area contributed by atoms with Crippen molar-refractivity contribution in [2.24, 2.45) is 0 Å². The highest BCUT2D eigenvalue weighted by Crippen LogP contribution is 2.64. The molecule has 3 rings (SSSR count). The first-order valence-electron chi connectivity index (χ1n) is 7.32. The Morgan fingerprint density at radius 3 is 2.09 bits per heavy atom. The van der Waals surface area contributed by atoms with E-state index in [0.29, 0.717) is 13.0 Å². The van der Waals surface area contributed by atoms with E-state index in [9.17, 15) is 4.79 Å². The average Bonchev–Trinajstić information content (AvgIpc) is 3.13. The number of halogens is 2. The molecule has 1 aliphatic rings. The van der Waals surface area contributed by atoms with Gasteiger partial charge in [0, 0.05) is 13.0 Å².